The van der Waals surface area contributed by atoms with E-state index >= 15 is 0 Å². The standard InChI is InChI=1S/C17H24ClNO/c18-16-11-9-15(10-12-16)13-19-17(20)8-4-7-14-5-2-1-3-6-14/h1-3,5-6,15-16H,4,7-13H2,(H,19,20). The number of hydrogen-bond donors (Lipinski definition) is 1. The maximum absolute atomic E-state index is 11.8. The molecule has 1 aliphatic rings. The molecule has 1 fully saturated rings. The molecule has 2 nitrogen and oxygen atoms in total. The summed E-state index contributed by atoms with van der Waals surface area (Å²) in [6.07, 6.45) is 7.01. The van der Waals surface area contributed by atoms with Gasteiger partial charge < -0.3 is 5.32 Å². The van der Waals surface area contributed by atoms with Gasteiger partial charge >= 0.3 is 0 Å². The minimum absolute atomic E-state index is 0.189. The van der Waals surface area contributed by atoms with Gasteiger partial charge in [0.1, 0.15) is 0 Å². The second kappa shape index (κ2) is 8.31. The maximum Gasteiger partial charge on any atom is 0.220 e. The van der Waals surface area contributed by atoms with Gasteiger partial charge in [0, 0.05) is 18.3 Å². The molecule has 110 valence electrons. The Morgan fingerprint density at radius 1 is 1.15 bits per heavy atom. The molecule has 1 aromatic carbocycles. The molecule has 3 heteroatoms. The fourth-order valence-corrected chi connectivity index (χ4v) is 3.02. The van der Waals surface area contributed by atoms with Gasteiger partial charge in [-0.2, -0.15) is 0 Å². The van der Waals surface area contributed by atoms with Gasteiger partial charge in [-0.3, -0.25) is 4.79 Å². The van der Waals surface area contributed by atoms with Crippen LogP contribution in [0.5, 0.6) is 0 Å². The molecule has 0 heterocycles. The summed E-state index contributed by atoms with van der Waals surface area (Å²) in [5.74, 6) is 0.817. The summed E-state index contributed by atoms with van der Waals surface area (Å²) in [6, 6.07) is 10.3. The number of carbonyl (C=O) groups is 1. The monoisotopic (exact) mass is 293 g/mol. The van der Waals surface area contributed by atoms with Gasteiger partial charge in [-0.25, -0.2) is 0 Å². The summed E-state index contributed by atoms with van der Waals surface area (Å²) in [5.41, 5.74) is 1.31. The molecular weight excluding hydrogens is 270 g/mol. The highest BCUT2D eigenvalue weighted by Gasteiger charge is 2.19. The highest BCUT2D eigenvalue weighted by Crippen LogP contribution is 2.26. The Kier molecular flexibility index (Phi) is 6.38. The molecule has 1 saturated carbocycles. The van der Waals surface area contributed by atoms with Crippen molar-refractivity contribution >= 4 is 17.5 Å². The van der Waals surface area contributed by atoms with Crippen molar-refractivity contribution < 1.29 is 4.79 Å². The molecule has 2 rings (SSSR count). The number of carbonyl (C=O) groups excluding carboxylic acids is 1. The third kappa shape index (κ3) is 5.54. The smallest absolute Gasteiger partial charge is 0.220 e. The fourth-order valence-electron chi connectivity index (χ4n) is 2.77. The molecule has 0 spiro atoms. The number of alkyl halides is 1. The lowest BCUT2D eigenvalue weighted by molar-refractivity contribution is -0.121. The molecule has 0 bridgehead atoms. The molecule has 1 aliphatic carbocycles. The van der Waals surface area contributed by atoms with Crippen LogP contribution in [0.3, 0.4) is 0 Å². The van der Waals surface area contributed by atoms with Crippen molar-refractivity contribution in [1.29, 1.82) is 0 Å². The molecule has 0 aliphatic heterocycles. The molecule has 1 amide bonds. The SMILES string of the molecule is O=C(CCCc1ccccc1)NCC1CCC(Cl)CC1. The topological polar surface area (TPSA) is 29.1 Å². The lowest BCUT2D eigenvalue weighted by Gasteiger charge is -2.25. The number of amides is 1. The van der Waals surface area contributed by atoms with Crippen LogP contribution in [0.15, 0.2) is 30.3 Å². The van der Waals surface area contributed by atoms with Crippen LogP contribution in [0.25, 0.3) is 0 Å². The molecule has 1 aromatic rings. The highest BCUT2D eigenvalue weighted by atomic mass is 35.5. The average molecular weight is 294 g/mol. The summed E-state index contributed by atoms with van der Waals surface area (Å²) < 4.78 is 0. The van der Waals surface area contributed by atoms with E-state index in [1.165, 1.54) is 5.56 Å². The zero-order valence-corrected chi connectivity index (χ0v) is 12.7. The first kappa shape index (κ1) is 15.4. The number of nitrogens with one attached hydrogen (secondary N) is 1. The van der Waals surface area contributed by atoms with E-state index in [0.717, 1.165) is 45.1 Å². The number of hydrogen-bond acceptors (Lipinski definition) is 1. The van der Waals surface area contributed by atoms with E-state index in [9.17, 15) is 4.79 Å². The Labute approximate surface area is 126 Å². The van der Waals surface area contributed by atoms with Crippen molar-refractivity contribution in [3.05, 3.63) is 35.9 Å². The maximum atomic E-state index is 11.8. The zero-order chi connectivity index (χ0) is 14.2. The second-order valence-corrected chi connectivity index (χ2v) is 6.38. The largest absolute Gasteiger partial charge is 0.356 e. The number of benzene rings is 1. The van der Waals surface area contributed by atoms with Crippen LogP contribution in [-0.2, 0) is 11.2 Å². The lowest BCUT2D eigenvalue weighted by Crippen LogP contribution is -2.31. The molecule has 0 atom stereocenters. The van der Waals surface area contributed by atoms with Gasteiger partial charge in [-0.05, 0) is 50.0 Å². The van der Waals surface area contributed by atoms with Crippen molar-refractivity contribution in [2.75, 3.05) is 6.54 Å². The highest BCUT2D eigenvalue weighted by molar-refractivity contribution is 6.20. The second-order valence-electron chi connectivity index (χ2n) is 5.76. The minimum atomic E-state index is 0.189. The van der Waals surface area contributed by atoms with Crippen LogP contribution in [0.1, 0.15) is 44.1 Å². The quantitative estimate of drug-likeness (QED) is 0.791. The van der Waals surface area contributed by atoms with E-state index in [0.29, 0.717) is 17.7 Å². The van der Waals surface area contributed by atoms with Gasteiger partial charge in [0.2, 0.25) is 5.91 Å². The lowest BCUT2D eigenvalue weighted by atomic mass is 9.89. The Balaban J connectivity index is 1.56. The van der Waals surface area contributed by atoms with E-state index in [1.807, 2.05) is 18.2 Å². The first-order valence-electron chi connectivity index (χ1n) is 7.68. The van der Waals surface area contributed by atoms with Crippen LogP contribution in [0, 0.1) is 5.92 Å². The van der Waals surface area contributed by atoms with Gasteiger partial charge in [0.25, 0.3) is 0 Å². The molecule has 0 radical (unpaired) electrons. The summed E-state index contributed by atoms with van der Waals surface area (Å²) in [7, 11) is 0. The van der Waals surface area contributed by atoms with Crippen LogP contribution in [0.2, 0.25) is 0 Å². The Morgan fingerprint density at radius 2 is 1.85 bits per heavy atom. The summed E-state index contributed by atoms with van der Waals surface area (Å²) in [6.45, 7) is 0.827. The summed E-state index contributed by atoms with van der Waals surface area (Å²) >= 11 is 6.08. The fraction of sp³-hybridized carbons (Fsp3) is 0.588. The minimum Gasteiger partial charge on any atom is -0.356 e. The summed E-state index contributed by atoms with van der Waals surface area (Å²) in [4.78, 5) is 11.8. The van der Waals surface area contributed by atoms with E-state index < -0.39 is 0 Å². The van der Waals surface area contributed by atoms with Crippen molar-refractivity contribution in [1.82, 2.24) is 5.32 Å². The molecule has 0 unspecified atom stereocenters. The zero-order valence-electron chi connectivity index (χ0n) is 12.0. The number of halogens is 1. The predicted octanol–water partition coefficient (Wildman–Crippen LogP) is 3.92. The van der Waals surface area contributed by atoms with Crippen molar-refractivity contribution in [3.63, 3.8) is 0 Å². The van der Waals surface area contributed by atoms with Gasteiger partial charge in [-0.1, -0.05) is 30.3 Å². The first-order chi connectivity index (χ1) is 9.74. The van der Waals surface area contributed by atoms with E-state index in [1.54, 1.807) is 0 Å². The van der Waals surface area contributed by atoms with E-state index in [2.05, 4.69) is 17.4 Å². The van der Waals surface area contributed by atoms with E-state index in [4.69, 9.17) is 11.6 Å². The van der Waals surface area contributed by atoms with Gasteiger partial charge in [-0.15, -0.1) is 11.6 Å². The molecule has 1 N–H and O–H groups in total. The Morgan fingerprint density at radius 3 is 2.55 bits per heavy atom. The van der Waals surface area contributed by atoms with Gasteiger partial charge in [0.05, 0.1) is 0 Å². The van der Waals surface area contributed by atoms with Gasteiger partial charge in [0.15, 0.2) is 0 Å². The molecule has 20 heavy (non-hydrogen) atoms. The van der Waals surface area contributed by atoms with Crippen LogP contribution in [-0.4, -0.2) is 17.8 Å². The van der Waals surface area contributed by atoms with E-state index in [-0.39, 0.29) is 5.91 Å². The Bertz CT molecular complexity index is 399. The molecule has 0 aromatic heterocycles. The van der Waals surface area contributed by atoms with Crippen molar-refractivity contribution in [2.45, 2.75) is 50.3 Å². The number of rotatable bonds is 6. The third-order valence-electron chi connectivity index (χ3n) is 4.08. The normalized spacial score (nSPS) is 22.4. The summed E-state index contributed by atoms with van der Waals surface area (Å²) in [5, 5.41) is 3.43. The Hall–Kier alpha value is -1.02. The van der Waals surface area contributed by atoms with Crippen LogP contribution in [0.4, 0.5) is 0 Å². The average Bonchev–Trinajstić information content (AvgIpc) is 2.48. The molecular formula is C17H24ClNO. The van der Waals surface area contributed by atoms with Crippen LogP contribution >= 0.6 is 11.6 Å². The number of aryl methyl sites for hydroxylation is 1. The predicted molar refractivity (Wildman–Crippen MR) is 84.0 cm³/mol. The van der Waals surface area contributed by atoms with Crippen molar-refractivity contribution in [2.24, 2.45) is 5.92 Å². The first-order valence-corrected chi connectivity index (χ1v) is 8.12. The van der Waals surface area contributed by atoms with Crippen LogP contribution < -0.4 is 5.32 Å². The molecule has 0 saturated heterocycles. The third-order valence-corrected chi connectivity index (χ3v) is 4.51. The van der Waals surface area contributed by atoms with Crippen molar-refractivity contribution in [3.8, 4) is 0 Å².